The molecule has 0 saturated carbocycles. The van der Waals surface area contributed by atoms with Crippen LogP contribution in [-0.4, -0.2) is 68.0 Å². The Bertz CT molecular complexity index is 1390. The van der Waals surface area contributed by atoms with E-state index in [9.17, 15) is 13.2 Å². The minimum absolute atomic E-state index is 0.0260. The van der Waals surface area contributed by atoms with Crippen molar-refractivity contribution in [3.05, 3.63) is 76.7 Å². The number of nitrogens with zero attached hydrogens (tertiary/aromatic N) is 4. The van der Waals surface area contributed by atoms with E-state index in [1.165, 1.54) is 21.1 Å². The second kappa shape index (κ2) is 10.5. The molecule has 0 bridgehead atoms. The summed E-state index contributed by atoms with van der Waals surface area (Å²) in [7, 11) is -3.84. The fraction of sp³-hybridized carbons (Fsp3) is 0.448. The topological polar surface area (TPSA) is 87.0 Å². The molecule has 2 atom stereocenters. The zero-order valence-electron chi connectivity index (χ0n) is 22.6. The smallest absolute Gasteiger partial charge is 0.248 e. The molecule has 0 unspecified atom stereocenters. The van der Waals surface area contributed by atoms with Crippen LogP contribution >= 0.6 is 0 Å². The van der Waals surface area contributed by atoms with E-state index in [2.05, 4.69) is 42.1 Å². The Hall–Kier alpha value is -3.17. The van der Waals surface area contributed by atoms with Crippen molar-refractivity contribution in [1.82, 2.24) is 14.4 Å². The first-order chi connectivity index (χ1) is 18.2. The van der Waals surface area contributed by atoms with E-state index < -0.39 is 15.9 Å². The predicted octanol–water partition coefficient (Wildman–Crippen LogP) is 4.05. The zero-order chi connectivity index (χ0) is 27.0. The number of hydrogen-bond acceptors (Lipinski definition) is 6. The van der Waals surface area contributed by atoms with Crippen molar-refractivity contribution in [3.8, 4) is 0 Å². The van der Waals surface area contributed by atoms with Gasteiger partial charge in [-0.2, -0.15) is 4.31 Å². The lowest BCUT2D eigenvalue weighted by molar-refractivity contribution is -0.137. The monoisotopic (exact) mass is 536 g/mol. The van der Waals surface area contributed by atoms with E-state index in [0.717, 1.165) is 18.7 Å². The zero-order valence-corrected chi connectivity index (χ0v) is 23.4. The summed E-state index contributed by atoms with van der Waals surface area (Å²) < 4.78 is 33.9. The first kappa shape index (κ1) is 26.4. The molecular weight excluding hydrogens is 500 g/mol. The number of aryl methyl sites for hydroxylation is 4. The van der Waals surface area contributed by atoms with E-state index in [1.54, 1.807) is 13.8 Å². The fourth-order valence-corrected chi connectivity index (χ4v) is 7.70. The molecule has 3 aromatic rings. The van der Waals surface area contributed by atoms with Crippen LogP contribution in [0.5, 0.6) is 0 Å². The third-order valence-corrected chi connectivity index (χ3v) is 10.1. The molecule has 3 heterocycles. The number of piperidine rings is 1. The highest BCUT2D eigenvalue weighted by molar-refractivity contribution is 7.89. The van der Waals surface area contributed by atoms with Crippen LogP contribution in [0.15, 0.2) is 57.9 Å². The molecular formula is C29H36N4O4S. The van der Waals surface area contributed by atoms with Crippen molar-refractivity contribution >= 4 is 21.6 Å². The summed E-state index contributed by atoms with van der Waals surface area (Å²) in [6, 6.07) is 16.5. The van der Waals surface area contributed by atoms with Crippen LogP contribution in [-0.2, 0) is 14.8 Å². The van der Waals surface area contributed by atoms with Crippen molar-refractivity contribution in [2.75, 3.05) is 44.2 Å². The summed E-state index contributed by atoms with van der Waals surface area (Å²) in [4.78, 5) is 18.4. The summed E-state index contributed by atoms with van der Waals surface area (Å²) in [5, 5.41) is 3.85. The third-order valence-electron chi connectivity index (χ3n) is 7.98. The van der Waals surface area contributed by atoms with E-state index in [-0.39, 0.29) is 29.0 Å². The van der Waals surface area contributed by atoms with Crippen LogP contribution < -0.4 is 4.90 Å². The van der Waals surface area contributed by atoms with E-state index >= 15 is 0 Å². The summed E-state index contributed by atoms with van der Waals surface area (Å²) in [5.74, 6) is -0.207. The summed E-state index contributed by atoms with van der Waals surface area (Å²) in [5.41, 5.74) is 5.09. The quantitative estimate of drug-likeness (QED) is 0.489. The van der Waals surface area contributed by atoms with Crippen molar-refractivity contribution in [3.63, 3.8) is 0 Å². The van der Waals surface area contributed by atoms with E-state index in [1.807, 2.05) is 35.2 Å². The Morgan fingerprint density at radius 2 is 1.66 bits per heavy atom. The molecule has 38 heavy (non-hydrogen) atoms. The van der Waals surface area contributed by atoms with Gasteiger partial charge in [-0.15, -0.1) is 0 Å². The largest absolute Gasteiger partial charge is 0.368 e. The van der Waals surface area contributed by atoms with Gasteiger partial charge in [0.15, 0.2) is 5.76 Å². The molecule has 2 saturated heterocycles. The molecule has 2 aromatic carbocycles. The number of benzene rings is 2. The van der Waals surface area contributed by atoms with Gasteiger partial charge in [-0.1, -0.05) is 47.6 Å². The van der Waals surface area contributed by atoms with Gasteiger partial charge in [0.1, 0.15) is 10.6 Å². The van der Waals surface area contributed by atoms with Gasteiger partial charge in [-0.25, -0.2) is 8.42 Å². The Morgan fingerprint density at radius 3 is 2.32 bits per heavy atom. The van der Waals surface area contributed by atoms with Crippen molar-refractivity contribution in [2.24, 2.45) is 5.92 Å². The van der Waals surface area contributed by atoms with Gasteiger partial charge >= 0.3 is 0 Å². The number of anilines is 1. The summed E-state index contributed by atoms with van der Waals surface area (Å²) >= 11 is 0. The molecule has 0 radical (unpaired) electrons. The summed E-state index contributed by atoms with van der Waals surface area (Å²) in [6.07, 6.45) is 0.575. The van der Waals surface area contributed by atoms with Crippen LogP contribution in [0.25, 0.3) is 0 Å². The Kier molecular flexibility index (Phi) is 7.33. The molecule has 2 aliphatic rings. The van der Waals surface area contributed by atoms with Gasteiger partial charge in [0.25, 0.3) is 0 Å². The van der Waals surface area contributed by atoms with Crippen molar-refractivity contribution in [1.29, 1.82) is 0 Å². The molecule has 0 aliphatic carbocycles. The number of piperazine rings is 1. The lowest BCUT2D eigenvalue weighted by atomic mass is 9.80. The highest BCUT2D eigenvalue weighted by Gasteiger charge is 2.43. The van der Waals surface area contributed by atoms with Crippen LogP contribution in [0.1, 0.15) is 40.5 Å². The highest BCUT2D eigenvalue weighted by atomic mass is 32.2. The molecule has 2 fully saturated rings. The van der Waals surface area contributed by atoms with E-state index in [4.69, 9.17) is 4.52 Å². The number of amides is 1. The molecule has 1 aromatic heterocycles. The standard InChI is InChI=1S/C29H36N4O4S/c1-20-10-11-21(2)27(18-20)31-14-16-32(17-15-31)29(34)26-19-33(13-12-25(26)24-8-6-5-7-9-24)38(35,36)28-22(3)30-37-23(28)4/h5-11,18,25-26H,12-17,19H2,1-4H3/t25-,26+/m0/s1. The Morgan fingerprint density at radius 1 is 0.947 bits per heavy atom. The lowest BCUT2D eigenvalue weighted by Crippen LogP contribution is -2.54. The van der Waals surface area contributed by atoms with Crippen molar-refractivity contribution < 1.29 is 17.7 Å². The van der Waals surface area contributed by atoms with Crippen LogP contribution in [0, 0.1) is 33.6 Å². The first-order valence-corrected chi connectivity index (χ1v) is 14.7. The molecule has 9 heteroatoms. The maximum absolute atomic E-state index is 14.0. The lowest BCUT2D eigenvalue weighted by Gasteiger charge is -2.42. The predicted molar refractivity (Wildman–Crippen MR) is 147 cm³/mol. The number of carbonyl (C=O) groups excluding carboxylic acids is 1. The number of sulfonamides is 1. The Balaban J connectivity index is 1.38. The van der Waals surface area contributed by atoms with Crippen LogP contribution in [0.4, 0.5) is 5.69 Å². The number of rotatable bonds is 5. The van der Waals surface area contributed by atoms with Gasteiger partial charge in [0.05, 0.1) is 5.92 Å². The van der Waals surface area contributed by atoms with Gasteiger partial charge in [-0.3, -0.25) is 4.79 Å². The van der Waals surface area contributed by atoms with Gasteiger partial charge in [0, 0.05) is 45.0 Å². The average Bonchev–Trinajstić information content (AvgIpc) is 3.28. The molecule has 202 valence electrons. The Labute approximate surface area is 225 Å². The maximum Gasteiger partial charge on any atom is 0.248 e. The molecule has 1 amide bonds. The number of carbonyl (C=O) groups is 1. The molecule has 5 rings (SSSR count). The average molecular weight is 537 g/mol. The molecule has 8 nitrogen and oxygen atoms in total. The van der Waals surface area contributed by atoms with Crippen LogP contribution in [0.2, 0.25) is 0 Å². The first-order valence-electron chi connectivity index (χ1n) is 13.3. The minimum Gasteiger partial charge on any atom is -0.368 e. The van der Waals surface area contributed by atoms with Gasteiger partial charge < -0.3 is 14.3 Å². The second-order valence-corrected chi connectivity index (χ2v) is 12.4. The maximum atomic E-state index is 14.0. The molecule has 0 N–H and O–H groups in total. The van der Waals surface area contributed by atoms with E-state index in [0.29, 0.717) is 31.7 Å². The molecule has 2 aliphatic heterocycles. The minimum atomic E-state index is -3.84. The van der Waals surface area contributed by atoms with Gasteiger partial charge in [-0.05, 0) is 62.8 Å². The third kappa shape index (κ3) is 4.97. The normalized spacial score (nSPS) is 21.1. The highest BCUT2D eigenvalue weighted by Crippen LogP contribution is 2.37. The molecule has 0 spiro atoms. The van der Waals surface area contributed by atoms with Crippen molar-refractivity contribution in [2.45, 2.75) is 44.9 Å². The number of aromatic nitrogens is 1. The van der Waals surface area contributed by atoms with Crippen LogP contribution in [0.3, 0.4) is 0 Å². The summed E-state index contributed by atoms with van der Waals surface area (Å²) in [6.45, 7) is 10.7. The SMILES string of the molecule is Cc1ccc(C)c(N2CCN(C(=O)[C@@H]3CN(S(=O)(=O)c4c(C)noc4C)CC[C@H]3c3ccccc3)CC2)c1. The number of hydrogen-bond donors (Lipinski definition) is 0. The van der Waals surface area contributed by atoms with Gasteiger partial charge in [0.2, 0.25) is 15.9 Å². The second-order valence-electron chi connectivity index (χ2n) is 10.5. The fourth-order valence-electron chi connectivity index (χ4n) is 5.92.